The zero-order valence-corrected chi connectivity index (χ0v) is 9.03. The van der Waals surface area contributed by atoms with Crippen molar-refractivity contribution in [2.45, 2.75) is 24.0 Å². The van der Waals surface area contributed by atoms with Gasteiger partial charge in [-0.25, -0.2) is 0 Å². The standard InChI is InChI=1S/C10H12F3NS/c1-2-15-8-5-3-7(4-6-8)9(14)10(11,12)13/h3-6,9H,2,14H2,1H3. The highest BCUT2D eigenvalue weighted by molar-refractivity contribution is 7.99. The summed E-state index contributed by atoms with van der Waals surface area (Å²) in [5.41, 5.74) is 5.16. The van der Waals surface area contributed by atoms with Gasteiger partial charge in [-0.15, -0.1) is 11.8 Å². The molecular weight excluding hydrogens is 223 g/mol. The largest absolute Gasteiger partial charge is 0.407 e. The van der Waals surface area contributed by atoms with Crippen LogP contribution in [0.4, 0.5) is 13.2 Å². The lowest BCUT2D eigenvalue weighted by molar-refractivity contribution is -0.149. The van der Waals surface area contributed by atoms with Crippen LogP contribution in [-0.4, -0.2) is 11.9 Å². The molecule has 0 amide bonds. The summed E-state index contributed by atoms with van der Waals surface area (Å²) in [6, 6.07) is 4.29. The SMILES string of the molecule is CCSc1ccc(C(N)C(F)(F)F)cc1. The number of hydrogen-bond acceptors (Lipinski definition) is 2. The van der Waals surface area contributed by atoms with Gasteiger partial charge in [-0.05, 0) is 23.4 Å². The van der Waals surface area contributed by atoms with Gasteiger partial charge in [0, 0.05) is 4.90 Å². The molecule has 1 aromatic rings. The van der Waals surface area contributed by atoms with Crippen molar-refractivity contribution in [3.05, 3.63) is 29.8 Å². The molecule has 0 heterocycles. The van der Waals surface area contributed by atoms with Gasteiger partial charge in [0.15, 0.2) is 0 Å². The molecule has 0 fully saturated rings. The van der Waals surface area contributed by atoms with E-state index in [-0.39, 0.29) is 5.56 Å². The summed E-state index contributed by atoms with van der Waals surface area (Å²) in [4.78, 5) is 0.954. The summed E-state index contributed by atoms with van der Waals surface area (Å²) in [7, 11) is 0. The van der Waals surface area contributed by atoms with Crippen LogP contribution in [0.5, 0.6) is 0 Å². The summed E-state index contributed by atoms with van der Waals surface area (Å²) in [5, 5.41) is 0. The monoisotopic (exact) mass is 235 g/mol. The van der Waals surface area contributed by atoms with Crippen molar-refractivity contribution in [3.63, 3.8) is 0 Å². The van der Waals surface area contributed by atoms with Crippen LogP contribution in [0.2, 0.25) is 0 Å². The molecule has 0 radical (unpaired) electrons. The van der Waals surface area contributed by atoms with E-state index in [0.29, 0.717) is 0 Å². The van der Waals surface area contributed by atoms with E-state index in [9.17, 15) is 13.2 Å². The number of thioether (sulfide) groups is 1. The van der Waals surface area contributed by atoms with Crippen molar-refractivity contribution in [1.29, 1.82) is 0 Å². The van der Waals surface area contributed by atoms with E-state index < -0.39 is 12.2 Å². The molecule has 0 saturated carbocycles. The van der Waals surface area contributed by atoms with Crippen LogP contribution in [0, 0.1) is 0 Å². The average molecular weight is 235 g/mol. The summed E-state index contributed by atoms with van der Waals surface area (Å²) < 4.78 is 36.8. The number of alkyl halides is 3. The van der Waals surface area contributed by atoms with E-state index in [1.54, 1.807) is 23.9 Å². The molecule has 15 heavy (non-hydrogen) atoms. The molecule has 0 aromatic heterocycles. The van der Waals surface area contributed by atoms with Crippen LogP contribution in [-0.2, 0) is 0 Å². The molecule has 1 atom stereocenters. The highest BCUT2D eigenvalue weighted by Gasteiger charge is 2.37. The fourth-order valence-corrected chi connectivity index (χ4v) is 1.79. The molecule has 0 saturated heterocycles. The average Bonchev–Trinajstić information content (AvgIpc) is 2.17. The lowest BCUT2D eigenvalue weighted by Crippen LogP contribution is -2.28. The van der Waals surface area contributed by atoms with Crippen molar-refractivity contribution in [1.82, 2.24) is 0 Å². The highest BCUT2D eigenvalue weighted by atomic mass is 32.2. The van der Waals surface area contributed by atoms with E-state index in [2.05, 4.69) is 0 Å². The van der Waals surface area contributed by atoms with E-state index in [1.807, 2.05) is 6.92 Å². The Morgan fingerprint density at radius 2 is 1.80 bits per heavy atom. The number of benzene rings is 1. The first-order valence-corrected chi connectivity index (χ1v) is 5.48. The Hall–Kier alpha value is -0.680. The second-order valence-electron chi connectivity index (χ2n) is 3.02. The maximum Gasteiger partial charge on any atom is 0.407 e. The maximum absolute atomic E-state index is 12.3. The van der Waals surface area contributed by atoms with Gasteiger partial charge in [0.25, 0.3) is 0 Å². The van der Waals surface area contributed by atoms with E-state index in [1.165, 1.54) is 12.1 Å². The van der Waals surface area contributed by atoms with Crippen molar-refractivity contribution in [3.8, 4) is 0 Å². The second kappa shape index (κ2) is 4.90. The molecule has 1 rings (SSSR count). The van der Waals surface area contributed by atoms with Crippen molar-refractivity contribution in [2.24, 2.45) is 5.73 Å². The summed E-state index contributed by atoms with van der Waals surface area (Å²) in [6.07, 6.45) is -4.38. The van der Waals surface area contributed by atoms with E-state index in [0.717, 1.165) is 10.6 Å². The molecule has 0 bridgehead atoms. The second-order valence-corrected chi connectivity index (χ2v) is 4.36. The first-order valence-electron chi connectivity index (χ1n) is 4.50. The predicted octanol–water partition coefficient (Wildman–Crippen LogP) is 3.36. The smallest absolute Gasteiger partial charge is 0.316 e. The van der Waals surface area contributed by atoms with Gasteiger partial charge in [0.2, 0.25) is 0 Å². The van der Waals surface area contributed by atoms with E-state index in [4.69, 9.17) is 5.73 Å². The van der Waals surface area contributed by atoms with Gasteiger partial charge < -0.3 is 5.73 Å². The third kappa shape index (κ3) is 3.43. The quantitative estimate of drug-likeness (QED) is 0.813. The van der Waals surface area contributed by atoms with Crippen LogP contribution < -0.4 is 5.73 Å². The van der Waals surface area contributed by atoms with E-state index >= 15 is 0 Å². The zero-order chi connectivity index (χ0) is 11.5. The maximum atomic E-state index is 12.3. The lowest BCUT2D eigenvalue weighted by atomic mass is 10.1. The molecule has 0 aliphatic rings. The minimum atomic E-state index is -4.38. The Labute approximate surface area is 90.9 Å². The van der Waals surface area contributed by atoms with Gasteiger partial charge >= 0.3 is 6.18 Å². The van der Waals surface area contributed by atoms with Crippen LogP contribution in [0.15, 0.2) is 29.2 Å². The molecule has 2 N–H and O–H groups in total. The third-order valence-corrected chi connectivity index (χ3v) is 2.80. The first-order chi connectivity index (χ1) is 6.95. The Morgan fingerprint density at radius 3 is 2.20 bits per heavy atom. The Bertz CT molecular complexity index is 307. The van der Waals surface area contributed by atoms with Gasteiger partial charge in [0.1, 0.15) is 6.04 Å². The molecule has 1 aromatic carbocycles. The van der Waals surface area contributed by atoms with Crippen molar-refractivity contribution >= 4 is 11.8 Å². The Balaban J connectivity index is 2.80. The fourth-order valence-electron chi connectivity index (χ4n) is 1.13. The van der Waals surface area contributed by atoms with Crippen LogP contribution in [0.25, 0.3) is 0 Å². The van der Waals surface area contributed by atoms with Crippen molar-refractivity contribution in [2.75, 3.05) is 5.75 Å². The molecule has 0 aliphatic heterocycles. The number of nitrogens with two attached hydrogens (primary N) is 1. The molecule has 84 valence electrons. The molecule has 5 heteroatoms. The zero-order valence-electron chi connectivity index (χ0n) is 8.21. The van der Waals surface area contributed by atoms with Crippen LogP contribution >= 0.6 is 11.8 Å². The number of halogens is 3. The highest BCUT2D eigenvalue weighted by Crippen LogP contribution is 2.31. The Kier molecular flexibility index (Phi) is 4.04. The fraction of sp³-hybridized carbons (Fsp3) is 0.400. The molecule has 1 nitrogen and oxygen atoms in total. The lowest BCUT2D eigenvalue weighted by Gasteiger charge is -2.15. The molecule has 1 unspecified atom stereocenters. The predicted molar refractivity (Wildman–Crippen MR) is 55.8 cm³/mol. The van der Waals surface area contributed by atoms with Crippen LogP contribution in [0.1, 0.15) is 18.5 Å². The van der Waals surface area contributed by atoms with Gasteiger partial charge in [-0.2, -0.15) is 13.2 Å². The van der Waals surface area contributed by atoms with Crippen molar-refractivity contribution < 1.29 is 13.2 Å². The third-order valence-electron chi connectivity index (χ3n) is 1.90. The van der Waals surface area contributed by atoms with Crippen LogP contribution in [0.3, 0.4) is 0 Å². The van der Waals surface area contributed by atoms with Gasteiger partial charge in [-0.1, -0.05) is 19.1 Å². The molecule has 0 aliphatic carbocycles. The summed E-state index contributed by atoms with van der Waals surface area (Å²) >= 11 is 1.58. The molecular formula is C10H12F3NS. The van der Waals surface area contributed by atoms with Gasteiger partial charge in [0.05, 0.1) is 0 Å². The Morgan fingerprint density at radius 1 is 1.27 bits per heavy atom. The topological polar surface area (TPSA) is 26.0 Å². The minimum absolute atomic E-state index is 0.1000. The summed E-state index contributed by atoms with van der Waals surface area (Å²) in [5.74, 6) is 0.894. The minimum Gasteiger partial charge on any atom is -0.316 e. The molecule has 0 spiro atoms. The summed E-state index contributed by atoms with van der Waals surface area (Å²) in [6.45, 7) is 1.99. The van der Waals surface area contributed by atoms with Gasteiger partial charge in [-0.3, -0.25) is 0 Å². The normalized spacial score (nSPS) is 13.9. The number of hydrogen-bond donors (Lipinski definition) is 1. The first kappa shape index (κ1) is 12.4. The number of rotatable bonds is 3.